The number of ether oxygens (including phenoxy) is 4. The van der Waals surface area contributed by atoms with E-state index in [1.54, 1.807) is 0 Å². The molecule has 3 unspecified atom stereocenters. The van der Waals surface area contributed by atoms with Gasteiger partial charge in [0.1, 0.15) is 30.8 Å². The second kappa shape index (κ2) is 85.1. The van der Waals surface area contributed by atoms with Crippen molar-refractivity contribution in [2.75, 3.05) is 52.4 Å². The molecule has 0 aromatic carbocycles. The smallest absolute Gasteiger partial charge is 0.306 e. The van der Waals surface area contributed by atoms with Crippen LogP contribution >= 0.6 is 0 Å². The topological polar surface area (TPSA) is 170 Å². The van der Waals surface area contributed by atoms with E-state index in [9.17, 15) is 28.8 Å². The first-order valence-corrected chi connectivity index (χ1v) is 48.6. The van der Waals surface area contributed by atoms with Gasteiger partial charge in [0.05, 0.1) is 0 Å². The number of carbonyl (C=O) groups excluding carboxylic acids is 6. The molecule has 110 heavy (non-hydrogen) atoms. The zero-order valence-electron chi connectivity index (χ0n) is 74.4. The van der Waals surface area contributed by atoms with Crippen LogP contribution in [0, 0.1) is 0 Å². The Hall–Kier alpha value is -3.26. The molecule has 0 aromatic heterocycles. The number of amides is 2. The van der Waals surface area contributed by atoms with Gasteiger partial charge in [0.2, 0.25) is 11.8 Å². The number of hydrogen-bond donors (Lipinski definition) is 2. The van der Waals surface area contributed by atoms with Crippen LogP contribution in [0.4, 0.5) is 0 Å². The van der Waals surface area contributed by atoms with Crippen LogP contribution < -0.4 is 10.6 Å². The van der Waals surface area contributed by atoms with Gasteiger partial charge in [-0.05, 0) is 167 Å². The van der Waals surface area contributed by atoms with Crippen LogP contribution in [0.5, 0.6) is 0 Å². The van der Waals surface area contributed by atoms with E-state index in [0.29, 0.717) is 51.9 Å². The van der Waals surface area contributed by atoms with Crippen LogP contribution in [0.25, 0.3) is 0 Å². The molecule has 2 N–H and O–H groups in total. The second-order valence-electron chi connectivity index (χ2n) is 33.6. The minimum atomic E-state index is -0.276. The molecule has 14 heteroatoms. The monoisotopic (exact) mass is 1560 g/mol. The Balaban J connectivity index is 5.63. The highest BCUT2D eigenvalue weighted by Gasteiger charge is 2.20. The predicted molar refractivity (Wildman–Crippen MR) is 467 cm³/mol. The van der Waals surface area contributed by atoms with Gasteiger partial charge in [-0.3, -0.25) is 28.8 Å². The third-order valence-corrected chi connectivity index (χ3v) is 22.9. The number of carbonyl (C=O) groups is 6. The van der Waals surface area contributed by atoms with Crippen molar-refractivity contribution in [1.82, 2.24) is 20.4 Å². The molecule has 0 aliphatic heterocycles. The van der Waals surface area contributed by atoms with Gasteiger partial charge in [0.15, 0.2) is 0 Å². The summed E-state index contributed by atoms with van der Waals surface area (Å²) in [6.45, 7) is 23.6. The van der Waals surface area contributed by atoms with E-state index in [2.05, 4.69) is 75.8 Å². The number of esters is 4. The maximum atomic E-state index is 13.4. The largest absolute Gasteiger partial charge is 0.462 e. The normalized spacial score (nSPS) is 12.5. The molecular formula is C96H186N4O10. The van der Waals surface area contributed by atoms with E-state index in [0.717, 1.165) is 219 Å². The van der Waals surface area contributed by atoms with Crippen molar-refractivity contribution in [3.63, 3.8) is 0 Å². The van der Waals surface area contributed by atoms with E-state index in [1.165, 1.54) is 225 Å². The lowest BCUT2D eigenvalue weighted by molar-refractivity contribution is -0.151. The van der Waals surface area contributed by atoms with Crippen molar-refractivity contribution < 1.29 is 47.7 Å². The lowest BCUT2D eigenvalue weighted by atomic mass is 10.0. The van der Waals surface area contributed by atoms with Crippen LogP contribution in [-0.2, 0) is 47.7 Å². The molecule has 650 valence electrons. The fraction of sp³-hybridized carbons (Fsp3) is 0.938. The van der Waals surface area contributed by atoms with E-state index in [-0.39, 0.29) is 66.5 Å². The van der Waals surface area contributed by atoms with Crippen molar-refractivity contribution in [1.29, 1.82) is 0 Å². The van der Waals surface area contributed by atoms with Gasteiger partial charge in [-0.25, -0.2) is 0 Å². The summed E-state index contributed by atoms with van der Waals surface area (Å²) in [5.74, 6) is -0.771. The van der Waals surface area contributed by atoms with Gasteiger partial charge < -0.3 is 39.4 Å². The molecule has 0 radical (unpaired) electrons. The Kier molecular flexibility index (Phi) is 82.6. The molecule has 0 heterocycles. The lowest BCUT2D eigenvalue weighted by Gasteiger charge is -2.23. The molecule has 3 atom stereocenters. The molecule has 0 saturated heterocycles. The molecule has 0 bridgehead atoms. The summed E-state index contributed by atoms with van der Waals surface area (Å²) in [5, 5.41) is 6.12. The van der Waals surface area contributed by atoms with Crippen LogP contribution in [0.3, 0.4) is 0 Å². The summed E-state index contributed by atoms with van der Waals surface area (Å²) >= 11 is 0. The first kappa shape index (κ1) is 107. The first-order valence-electron chi connectivity index (χ1n) is 48.6. The first-order chi connectivity index (χ1) is 53.9. The highest BCUT2D eigenvalue weighted by Crippen LogP contribution is 2.23. The van der Waals surface area contributed by atoms with Gasteiger partial charge in [0.25, 0.3) is 0 Å². The minimum Gasteiger partial charge on any atom is -0.462 e. The molecule has 0 aliphatic rings. The van der Waals surface area contributed by atoms with Crippen LogP contribution in [-0.4, -0.2) is 122 Å². The Labute approximate surface area is 681 Å². The molecule has 0 aromatic rings. The summed E-state index contributed by atoms with van der Waals surface area (Å²) < 4.78 is 24.2. The summed E-state index contributed by atoms with van der Waals surface area (Å²) in [7, 11) is 0. The van der Waals surface area contributed by atoms with Crippen LogP contribution in [0.2, 0.25) is 0 Å². The third-order valence-electron chi connectivity index (χ3n) is 22.9. The molecule has 0 rings (SSSR count). The molecule has 14 nitrogen and oxygen atoms in total. The summed E-state index contributed by atoms with van der Waals surface area (Å²) in [6.07, 6.45) is 76.3. The summed E-state index contributed by atoms with van der Waals surface area (Å²) in [5.41, 5.74) is 0. The van der Waals surface area contributed by atoms with Gasteiger partial charge in [-0.1, -0.05) is 331 Å². The molecule has 0 fully saturated rings. The van der Waals surface area contributed by atoms with Crippen molar-refractivity contribution in [3.05, 3.63) is 0 Å². The van der Waals surface area contributed by atoms with Gasteiger partial charge in [-0.15, -0.1) is 0 Å². The maximum Gasteiger partial charge on any atom is 0.306 e. The van der Waals surface area contributed by atoms with Crippen molar-refractivity contribution in [2.45, 2.75) is 529 Å². The van der Waals surface area contributed by atoms with Crippen molar-refractivity contribution >= 4 is 35.7 Å². The Bertz CT molecular complexity index is 1980. The fourth-order valence-corrected chi connectivity index (χ4v) is 15.5. The van der Waals surface area contributed by atoms with E-state index >= 15 is 0 Å². The van der Waals surface area contributed by atoms with Crippen LogP contribution in [0.15, 0.2) is 0 Å². The van der Waals surface area contributed by atoms with Crippen molar-refractivity contribution in [2.24, 2.45) is 0 Å². The molecule has 0 spiro atoms. The number of rotatable bonds is 89. The summed E-state index contributed by atoms with van der Waals surface area (Å²) in [6, 6.07) is 0. The maximum absolute atomic E-state index is 13.4. The molecule has 0 aliphatic carbocycles. The molecule has 2 amide bonds. The predicted octanol–water partition coefficient (Wildman–Crippen LogP) is 26.9. The SMILES string of the molecule is CCCCCCCCCCC(CC)OC(=O)CCCCCN(CCCCCCCC(=O)OC(CCCCCCCC)CCCCCCCC)CCNC(=O)CC(=O)NCCN(CCCCCCCC(=O)OC(CCCCCCCC)CCCCCCCCC)CCCCCC(=O)OC(CC)CCCCCCCCCC. The summed E-state index contributed by atoms with van der Waals surface area (Å²) in [4.78, 5) is 83.9. The Morgan fingerprint density at radius 1 is 0.218 bits per heavy atom. The average molecular weight is 1560 g/mol. The number of nitrogens with zero attached hydrogens (tertiary/aromatic N) is 2. The van der Waals surface area contributed by atoms with E-state index in [4.69, 9.17) is 18.9 Å². The number of unbranched alkanes of at least 4 members (excludes halogenated alkanes) is 47. The quantitative estimate of drug-likeness (QED) is 0.0256. The Morgan fingerprint density at radius 3 is 0.627 bits per heavy atom. The number of nitrogens with one attached hydrogen (secondary N) is 2. The molecular weight excluding hydrogens is 1370 g/mol. The van der Waals surface area contributed by atoms with Crippen molar-refractivity contribution in [3.8, 4) is 0 Å². The van der Waals surface area contributed by atoms with Gasteiger partial charge >= 0.3 is 23.9 Å². The minimum absolute atomic E-state index is 0.00568. The van der Waals surface area contributed by atoms with E-state index < -0.39 is 0 Å². The zero-order valence-corrected chi connectivity index (χ0v) is 74.4. The van der Waals surface area contributed by atoms with Gasteiger partial charge in [-0.2, -0.15) is 0 Å². The van der Waals surface area contributed by atoms with E-state index in [1.807, 2.05) is 0 Å². The highest BCUT2D eigenvalue weighted by molar-refractivity contribution is 5.96. The second-order valence-corrected chi connectivity index (χ2v) is 33.6. The zero-order chi connectivity index (χ0) is 80.3. The highest BCUT2D eigenvalue weighted by atomic mass is 16.6. The average Bonchev–Trinajstić information content (AvgIpc) is 3.21. The van der Waals surface area contributed by atoms with Crippen LogP contribution in [0.1, 0.15) is 505 Å². The standard InChI is InChI=1S/C96H186N4O10/c1-9-17-23-29-35-38-45-54-68-87(15-7)107-93(103)76-62-52-66-82-99(80-64-50-40-48-60-74-95(105)109-89(70-56-42-32-26-20-12-4)71-57-43-33-27-21-13-5)84-78-97-91(101)86-92(102)98-79-85-100(83-67-53-63-77-94(104)108-88(16-8)69-55-46-39-36-30-24-18-10-2)81-65-51-41-49-61-75-96(106)110-90(72-58-44-34-28-22-14-6)73-59-47-37-31-25-19-11-3/h87-90H,9-86H2,1-8H3,(H,97,101)(H,98,102). The fourth-order valence-electron chi connectivity index (χ4n) is 15.5. The number of hydrogen-bond acceptors (Lipinski definition) is 12. The Morgan fingerprint density at radius 2 is 0.400 bits per heavy atom. The third kappa shape index (κ3) is 76.1. The lowest BCUT2D eigenvalue weighted by Crippen LogP contribution is -2.40. The van der Waals surface area contributed by atoms with Gasteiger partial charge in [0, 0.05) is 51.9 Å². The molecule has 0 saturated carbocycles.